The van der Waals surface area contributed by atoms with E-state index in [2.05, 4.69) is 69.4 Å². The molecule has 0 aliphatic rings. The molecule has 0 heterocycles. The quantitative estimate of drug-likeness (QED) is 0.0261. The summed E-state index contributed by atoms with van der Waals surface area (Å²) in [5.74, 6) is -0.874. The molecule has 1 unspecified atom stereocenters. The maximum absolute atomic E-state index is 12.9. The van der Waals surface area contributed by atoms with Crippen LogP contribution in [0.1, 0.15) is 367 Å². The van der Waals surface area contributed by atoms with Gasteiger partial charge in [-0.05, 0) is 83.5 Å². The summed E-state index contributed by atoms with van der Waals surface area (Å²) in [5.41, 5.74) is 0. The molecule has 0 spiro atoms. The molecule has 0 saturated heterocycles. The summed E-state index contributed by atoms with van der Waals surface area (Å²) in [5, 5.41) is 0. The molecule has 0 bridgehead atoms. The lowest BCUT2D eigenvalue weighted by atomic mass is 10.0. The molecule has 6 heteroatoms. The molecule has 450 valence electrons. The van der Waals surface area contributed by atoms with Gasteiger partial charge in [-0.2, -0.15) is 0 Å². The number of carbonyl (C=O) groups is 3. The highest BCUT2D eigenvalue weighted by atomic mass is 16.6. The van der Waals surface area contributed by atoms with E-state index in [1.165, 1.54) is 244 Å². The predicted octanol–water partition coefficient (Wildman–Crippen LogP) is 23.3. The Bertz CT molecular complexity index is 1330. The minimum absolute atomic E-state index is 0.0773. The third kappa shape index (κ3) is 64.1. The molecule has 0 aromatic heterocycles. The lowest BCUT2D eigenvalue weighted by molar-refractivity contribution is -0.167. The van der Waals surface area contributed by atoms with Crippen LogP contribution in [0.15, 0.2) is 48.6 Å². The molecule has 0 aromatic carbocycles. The smallest absolute Gasteiger partial charge is 0.306 e. The van der Waals surface area contributed by atoms with Crippen LogP contribution in [-0.2, 0) is 28.6 Å². The van der Waals surface area contributed by atoms with Crippen LogP contribution in [0, 0.1) is 0 Å². The van der Waals surface area contributed by atoms with Crippen molar-refractivity contribution in [3.8, 4) is 0 Å². The maximum Gasteiger partial charge on any atom is 0.306 e. The summed E-state index contributed by atoms with van der Waals surface area (Å²) >= 11 is 0. The van der Waals surface area contributed by atoms with Gasteiger partial charge in [0.15, 0.2) is 6.10 Å². The predicted molar refractivity (Wildman–Crippen MR) is 335 cm³/mol. The van der Waals surface area contributed by atoms with Crippen molar-refractivity contribution in [2.45, 2.75) is 374 Å². The summed E-state index contributed by atoms with van der Waals surface area (Å²) < 4.78 is 17.0. The summed E-state index contributed by atoms with van der Waals surface area (Å²) in [6.07, 6.45) is 82.7. The Morgan fingerprint density at radius 1 is 0.260 bits per heavy atom. The van der Waals surface area contributed by atoms with Crippen LogP contribution in [0.5, 0.6) is 0 Å². The first-order valence-electron chi connectivity index (χ1n) is 34.1. The number of rotatable bonds is 63. The van der Waals surface area contributed by atoms with Gasteiger partial charge in [-0.1, -0.05) is 313 Å². The van der Waals surface area contributed by atoms with Gasteiger partial charge in [0.1, 0.15) is 13.2 Å². The molecule has 1 atom stereocenters. The van der Waals surface area contributed by atoms with Crippen molar-refractivity contribution in [1.29, 1.82) is 0 Å². The number of esters is 3. The monoisotopic (exact) mass is 1080 g/mol. The van der Waals surface area contributed by atoms with E-state index >= 15 is 0 Å². The van der Waals surface area contributed by atoms with Crippen LogP contribution in [0.25, 0.3) is 0 Å². The summed E-state index contributed by atoms with van der Waals surface area (Å²) in [4.78, 5) is 38.4. The van der Waals surface area contributed by atoms with Gasteiger partial charge < -0.3 is 14.2 Å². The van der Waals surface area contributed by atoms with Crippen LogP contribution in [0.3, 0.4) is 0 Å². The second kappa shape index (κ2) is 65.9. The fourth-order valence-corrected chi connectivity index (χ4v) is 10.2. The second-order valence-electron chi connectivity index (χ2n) is 23.1. The molecule has 0 aliphatic heterocycles. The zero-order valence-electron chi connectivity index (χ0n) is 51.7. The normalized spacial score (nSPS) is 12.3. The van der Waals surface area contributed by atoms with E-state index in [1.54, 1.807) is 0 Å². The number of allylic oxidation sites excluding steroid dienone is 8. The van der Waals surface area contributed by atoms with Crippen LogP contribution < -0.4 is 0 Å². The van der Waals surface area contributed by atoms with Gasteiger partial charge in [0.25, 0.3) is 0 Å². The number of hydrogen-bond acceptors (Lipinski definition) is 6. The van der Waals surface area contributed by atoms with Crippen LogP contribution in [0.4, 0.5) is 0 Å². The third-order valence-corrected chi connectivity index (χ3v) is 15.3. The fourth-order valence-electron chi connectivity index (χ4n) is 10.2. The van der Waals surface area contributed by atoms with Gasteiger partial charge in [0.05, 0.1) is 0 Å². The minimum atomic E-state index is -0.783. The summed E-state index contributed by atoms with van der Waals surface area (Å²) in [6, 6.07) is 0. The average Bonchev–Trinajstić information content (AvgIpc) is 3.43. The minimum Gasteiger partial charge on any atom is -0.462 e. The van der Waals surface area contributed by atoms with Crippen LogP contribution in [-0.4, -0.2) is 37.2 Å². The highest BCUT2D eigenvalue weighted by Gasteiger charge is 2.19. The first-order valence-corrected chi connectivity index (χ1v) is 34.1. The highest BCUT2D eigenvalue weighted by molar-refractivity contribution is 5.71. The van der Waals surface area contributed by atoms with Gasteiger partial charge in [-0.25, -0.2) is 0 Å². The van der Waals surface area contributed by atoms with E-state index in [1.807, 2.05) is 0 Å². The Morgan fingerprint density at radius 2 is 0.468 bits per heavy atom. The largest absolute Gasteiger partial charge is 0.462 e. The van der Waals surface area contributed by atoms with Crippen molar-refractivity contribution in [3.05, 3.63) is 48.6 Å². The SMILES string of the molecule is CCCCCCC/C=C\C/C=C\C/C=C\CCCCCCCCC(=O)OC(COC(=O)CCCCCCC/C=C\CCCCCCCCC)COC(=O)CCCCCCCCCCCCCCCCCCCCCCCC. The third-order valence-electron chi connectivity index (χ3n) is 15.3. The van der Waals surface area contributed by atoms with Gasteiger partial charge in [-0.3, -0.25) is 14.4 Å². The molecule has 6 nitrogen and oxygen atoms in total. The molecule has 77 heavy (non-hydrogen) atoms. The van der Waals surface area contributed by atoms with Gasteiger partial charge in [0.2, 0.25) is 0 Å². The Kier molecular flexibility index (Phi) is 63.6. The average molecular weight is 1080 g/mol. The zero-order chi connectivity index (χ0) is 55.7. The molecule has 0 fully saturated rings. The molecule has 0 aromatic rings. The molecule has 0 amide bonds. The Morgan fingerprint density at radius 3 is 0.740 bits per heavy atom. The van der Waals surface area contributed by atoms with E-state index in [-0.39, 0.29) is 31.1 Å². The van der Waals surface area contributed by atoms with Crippen LogP contribution >= 0.6 is 0 Å². The molecule has 0 aliphatic carbocycles. The van der Waals surface area contributed by atoms with Gasteiger partial charge >= 0.3 is 17.9 Å². The first kappa shape index (κ1) is 74.4. The standard InChI is InChI=1S/C71H130O6/c1-4-7-10-13-16-19-22-25-28-31-33-35-37-38-40-43-46-49-52-55-58-61-64-70(73)76-67-68(66-75-69(72)63-60-57-54-51-48-45-42-30-27-24-21-18-15-12-9-6-3)77-71(74)65-62-59-56-53-50-47-44-41-39-36-34-32-29-26-23-20-17-14-11-8-5-2/h23,26,30,32,34,39,41-42,68H,4-22,24-25,27-29,31,33,35-38,40,43-67H2,1-3H3/b26-23-,34-32-,41-39-,42-30-. The fraction of sp³-hybridized carbons (Fsp3) is 0.845. The lowest BCUT2D eigenvalue weighted by Crippen LogP contribution is -2.30. The van der Waals surface area contributed by atoms with Gasteiger partial charge in [-0.15, -0.1) is 0 Å². The molecule has 0 saturated carbocycles. The number of unbranched alkanes of at least 4 members (excludes halogenated alkanes) is 44. The van der Waals surface area contributed by atoms with Crippen molar-refractivity contribution in [1.82, 2.24) is 0 Å². The molecule has 0 rings (SSSR count). The molecule has 0 radical (unpaired) electrons. The number of carbonyl (C=O) groups excluding carboxylic acids is 3. The molecular formula is C71H130O6. The second-order valence-corrected chi connectivity index (χ2v) is 23.1. The van der Waals surface area contributed by atoms with E-state index in [4.69, 9.17) is 14.2 Å². The van der Waals surface area contributed by atoms with E-state index < -0.39 is 6.10 Å². The molecular weight excluding hydrogens is 949 g/mol. The Balaban J connectivity index is 4.35. The maximum atomic E-state index is 12.9. The van der Waals surface area contributed by atoms with Crippen molar-refractivity contribution in [3.63, 3.8) is 0 Å². The summed E-state index contributed by atoms with van der Waals surface area (Å²) in [6.45, 7) is 6.67. The molecule has 0 N–H and O–H groups in total. The van der Waals surface area contributed by atoms with Crippen molar-refractivity contribution in [2.24, 2.45) is 0 Å². The zero-order valence-corrected chi connectivity index (χ0v) is 51.7. The lowest BCUT2D eigenvalue weighted by Gasteiger charge is -2.18. The van der Waals surface area contributed by atoms with Crippen LogP contribution in [0.2, 0.25) is 0 Å². The van der Waals surface area contributed by atoms with E-state index in [0.29, 0.717) is 19.3 Å². The van der Waals surface area contributed by atoms with Crippen molar-refractivity contribution < 1.29 is 28.6 Å². The Labute approximate surface area is 479 Å². The van der Waals surface area contributed by atoms with Gasteiger partial charge in [0, 0.05) is 19.3 Å². The van der Waals surface area contributed by atoms with Crippen molar-refractivity contribution >= 4 is 17.9 Å². The Hall–Kier alpha value is -2.63. The highest BCUT2D eigenvalue weighted by Crippen LogP contribution is 2.18. The van der Waals surface area contributed by atoms with E-state index in [0.717, 1.165) is 83.5 Å². The first-order chi connectivity index (χ1) is 38.0. The van der Waals surface area contributed by atoms with Crippen molar-refractivity contribution in [2.75, 3.05) is 13.2 Å². The topological polar surface area (TPSA) is 78.9 Å². The summed E-state index contributed by atoms with van der Waals surface area (Å²) in [7, 11) is 0. The number of ether oxygens (including phenoxy) is 3. The van der Waals surface area contributed by atoms with E-state index in [9.17, 15) is 14.4 Å². The number of hydrogen-bond donors (Lipinski definition) is 0.